The Morgan fingerprint density at radius 2 is 1.51 bits per heavy atom. The number of hydrogen-bond acceptors (Lipinski definition) is 5. The van der Waals surface area contributed by atoms with Crippen molar-refractivity contribution in [1.82, 2.24) is 16.0 Å². The molecule has 0 spiro atoms. The maximum Gasteiger partial charge on any atom is 0.129 e. The van der Waals surface area contributed by atoms with Crippen LogP contribution in [0.1, 0.15) is 112 Å². The van der Waals surface area contributed by atoms with Gasteiger partial charge in [-0.3, -0.25) is 10.6 Å². The van der Waals surface area contributed by atoms with Crippen LogP contribution in [0.15, 0.2) is 226 Å². The summed E-state index contributed by atoms with van der Waals surface area (Å²) in [4.78, 5) is 10.7. The molecule has 366 valence electrons. The van der Waals surface area contributed by atoms with Crippen LogP contribution in [0, 0.1) is 29.6 Å². The maximum absolute atomic E-state index is 6.72. The molecule has 1 aliphatic heterocycles. The average molecular weight is 949 g/mol. The van der Waals surface area contributed by atoms with Crippen molar-refractivity contribution in [3.05, 3.63) is 233 Å². The predicted octanol–water partition coefficient (Wildman–Crippen LogP) is 14.5. The molecule has 3 aromatic carbocycles. The smallest absolute Gasteiger partial charge is 0.129 e. The first-order valence-electron chi connectivity index (χ1n) is 27.2. The van der Waals surface area contributed by atoms with E-state index in [1.54, 1.807) is 5.57 Å². The first-order chi connectivity index (χ1) is 35.6. The molecule has 0 radical (unpaired) electrons. The van der Waals surface area contributed by atoms with E-state index in [-0.39, 0.29) is 24.4 Å². The third kappa shape index (κ3) is 11.5. The zero-order valence-corrected chi connectivity index (χ0v) is 41.9. The summed E-state index contributed by atoms with van der Waals surface area (Å²) in [5.41, 5.74) is 21.4. The van der Waals surface area contributed by atoms with Gasteiger partial charge < -0.3 is 11.1 Å². The largest absolute Gasteiger partial charge is 0.384 e. The number of nitrogens with two attached hydrogens (primary N) is 1. The second kappa shape index (κ2) is 22.9. The van der Waals surface area contributed by atoms with Gasteiger partial charge >= 0.3 is 0 Å². The molecule has 0 saturated heterocycles. The summed E-state index contributed by atoms with van der Waals surface area (Å²) in [6.45, 7) is 0.829. The molecule has 0 saturated carbocycles. The highest BCUT2D eigenvalue weighted by Crippen LogP contribution is 2.42. The van der Waals surface area contributed by atoms with Gasteiger partial charge in [0.2, 0.25) is 0 Å². The number of rotatable bonds is 14. The van der Waals surface area contributed by atoms with Gasteiger partial charge in [0, 0.05) is 18.4 Å². The molecule has 7 aliphatic carbocycles. The number of nitrogens with one attached hydrogen (secondary N) is 3. The number of benzene rings is 3. The number of hydrogen-bond donors (Lipinski definition) is 4. The Balaban J connectivity index is 0.818. The standard InChI is InChI=1S/C66H72N6/c67-62(49-26-12-4-13-27-49)69-63(68-45-46-20-6-1-7-21-46)57-36-18-34-55(40-57)53-32-16-30-51(38-53)52-31-17-33-54(39-52)56-35-19-37-58(41-56)65-70-64(50-28-14-5-15-29-50)71-66(72-65)61-43-59(47-22-8-2-9-23-47)42-60(44-61)48-24-10-3-11-25-48/h1-10,12,14-16,18,20,22,24,26,28-30,32,34-36,38-40,42,44,46-47,54,58,61,63-65,68,70H,11,13,17,19,21,23,25,27,31,33,37,41,43,45H2,(H2,67,69)(H,71,72). The van der Waals surface area contributed by atoms with E-state index in [2.05, 4.69) is 204 Å². The third-order valence-corrected chi connectivity index (χ3v) is 16.2. The van der Waals surface area contributed by atoms with Crippen molar-refractivity contribution in [3.63, 3.8) is 0 Å². The van der Waals surface area contributed by atoms with Crippen molar-refractivity contribution < 1.29 is 0 Å². The minimum absolute atomic E-state index is 0.0991. The van der Waals surface area contributed by atoms with E-state index >= 15 is 0 Å². The van der Waals surface area contributed by atoms with Crippen LogP contribution in [0.4, 0.5) is 0 Å². The van der Waals surface area contributed by atoms with Gasteiger partial charge in [0.05, 0.1) is 6.17 Å². The highest BCUT2D eigenvalue weighted by Gasteiger charge is 2.36. The molecule has 0 aromatic heterocycles. The predicted molar refractivity (Wildman–Crippen MR) is 302 cm³/mol. The molecule has 72 heavy (non-hydrogen) atoms. The number of allylic oxidation sites excluding steroid dienone is 21. The molecular weight excluding hydrogens is 877 g/mol. The van der Waals surface area contributed by atoms with Crippen molar-refractivity contribution in [2.75, 3.05) is 6.54 Å². The van der Waals surface area contributed by atoms with Gasteiger partial charge in [0.1, 0.15) is 24.0 Å². The van der Waals surface area contributed by atoms with E-state index in [1.807, 2.05) is 0 Å². The summed E-state index contributed by atoms with van der Waals surface area (Å²) in [5.74, 6) is 3.69. The van der Waals surface area contributed by atoms with Gasteiger partial charge in [-0.1, -0.05) is 187 Å². The molecule has 6 heteroatoms. The van der Waals surface area contributed by atoms with E-state index < -0.39 is 0 Å². The molecule has 3 aromatic rings. The van der Waals surface area contributed by atoms with E-state index in [0.29, 0.717) is 29.5 Å². The summed E-state index contributed by atoms with van der Waals surface area (Å²) in [6.07, 6.45) is 55.3. The number of nitrogens with zero attached hydrogens (tertiary/aromatic N) is 2. The second-order valence-corrected chi connectivity index (χ2v) is 21.1. The zero-order valence-electron chi connectivity index (χ0n) is 41.9. The van der Waals surface area contributed by atoms with Crippen molar-refractivity contribution in [3.8, 4) is 11.1 Å². The van der Waals surface area contributed by atoms with Crippen LogP contribution in [0.25, 0.3) is 16.7 Å². The summed E-state index contributed by atoms with van der Waals surface area (Å²) in [5, 5.41) is 11.9. The summed E-state index contributed by atoms with van der Waals surface area (Å²) >= 11 is 0. The Labute approximate surface area is 429 Å². The second-order valence-electron chi connectivity index (χ2n) is 21.1. The molecule has 1 heterocycles. The highest BCUT2D eigenvalue weighted by atomic mass is 15.3. The summed E-state index contributed by atoms with van der Waals surface area (Å²) < 4.78 is 0. The fourth-order valence-corrected chi connectivity index (χ4v) is 12.1. The van der Waals surface area contributed by atoms with Crippen LogP contribution in [-0.4, -0.2) is 24.4 Å². The van der Waals surface area contributed by atoms with E-state index in [1.165, 1.54) is 57.4 Å². The average Bonchev–Trinajstić information content (AvgIpc) is 3.47. The minimum atomic E-state index is -0.249. The van der Waals surface area contributed by atoms with Gasteiger partial charge in [-0.15, -0.1) is 0 Å². The molecule has 6 nitrogen and oxygen atoms in total. The van der Waals surface area contributed by atoms with E-state index in [9.17, 15) is 0 Å². The summed E-state index contributed by atoms with van der Waals surface area (Å²) in [7, 11) is 0. The number of amidine groups is 2. The molecule has 8 atom stereocenters. The summed E-state index contributed by atoms with van der Waals surface area (Å²) in [6, 6.07) is 29.1. The molecule has 0 bridgehead atoms. The van der Waals surface area contributed by atoms with Crippen molar-refractivity contribution in [1.29, 1.82) is 0 Å². The number of aliphatic imine (C=N–C) groups is 2. The maximum atomic E-state index is 6.72. The Kier molecular flexibility index (Phi) is 15.2. The molecule has 0 fully saturated rings. The lowest BCUT2D eigenvalue weighted by atomic mass is 9.75. The Hall–Kier alpha value is -6.60. The van der Waals surface area contributed by atoms with Crippen LogP contribution in [0.3, 0.4) is 0 Å². The van der Waals surface area contributed by atoms with Crippen LogP contribution in [0.2, 0.25) is 0 Å². The van der Waals surface area contributed by atoms with Crippen molar-refractivity contribution in [2.45, 2.75) is 102 Å². The molecule has 5 N–H and O–H groups in total. The molecule has 8 unspecified atom stereocenters. The van der Waals surface area contributed by atoms with Crippen molar-refractivity contribution >= 4 is 17.2 Å². The zero-order chi connectivity index (χ0) is 48.5. The van der Waals surface area contributed by atoms with E-state index in [4.69, 9.17) is 15.7 Å². The Bertz CT molecular complexity index is 2900. The molecule has 8 aliphatic rings. The van der Waals surface area contributed by atoms with Crippen LogP contribution < -0.4 is 21.7 Å². The Morgan fingerprint density at radius 3 is 2.32 bits per heavy atom. The van der Waals surface area contributed by atoms with Crippen LogP contribution >= 0.6 is 0 Å². The monoisotopic (exact) mass is 949 g/mol. The van der Waals surface area contributed by atoms with Crippen LogP contribution in [0.5, 0.6) is 0 Å². The normalized spacial score (nSPS) is 27.6. The molecule has 11 rings (SSSR count). The molecule has 0 amide bonds. The fourth-order valence-electron chi connectivity index (χ4n) is 12.1. The fraction of sp³-hybridized carbons (Fsp3) is 0.333. The van der Waals surface area contributed by atoms with E-state index in [0.717, 1.165) is 94.1 Å². The van der Waals surface area contributed by atoms with Gasteiger partial charge in [0.15, 0.2) is 0 Å². The third-order valence-electron chi connectivity index (χ3n) is 16.2. The molecular formula is C66H72N6. The van der Waals surface area contributed by atoms with Crippen LogP contribution in [-0.2, 0) is 0 Å². The first kappa shape index (κ1) is 47.7. The lowest BCUT2D eigenvalue weighted by molar-refractivity contribution is 0.260. The lowest BCUT2D eigenvalue weighted by Gasteiger charge is -2.41. The van der Waals surface area contributed by atoms with Gasteiger partial charge in [-0.25, -0.2) is 9.98 Å². The minimum Gasteiger partial charge on any atom is -0.384 e. The lowest BCUT2D eigenvalue weighted by Crippen LogP contribution is -2.56. The Morgan fingerprint density at radius 1 is 0.694 bits per heavy atom. The SMILES string of the molecule is NC(=NC(NCC1C=CC=CC1)c1cccc(-c2cccc(C3=CC(C4=CCCC(C5NC(C6C=C(C7=CC=CCC7)C=C(C7C=CC=CC7)C6)=NC(c6ccccc6)N5)C4)CCC3)c2)c1)C1=CC=CCC1. The topological polar surface area (TPSA) is 86.8 Å². The quantitative estimate of drug-likeness (QED) is 0.0737. The highest BCUT2D eigenvalue weighted by molar-refractivity contribution is 5.97. The van der Waals surface area contributed by atoms with Gasteiger partial charge in [0.25, 0.3) is 0 Å². The van der Waals surface area contributed by atoms with Crippen molar-refractivity contribution in [2.24, 2.45) is 45.3 Å². The van der Waals surface area contributed by atoms with Gasteiger partial charge in [-0.05, 0) is 163 Å². The van der Waals surface area contributed by atoms with Gasteiger partial charge in [-0.2, -0.15) is 0 Å². The first-order valence-corrected chi connectivity index (χ1v) is 27.2.